The van der Waals surface area contributed by atoms with Crippen LogP contribution in [0.5, 0.6) is 5.75 Å². The van der Waals surface area contributed by atoms with Crippen molar-refractivity contribution in [3.05, 3.63) is 29.3 Å². The summed E-state index contributed by atoms with van der Waals surface area (Å²) in [6, 6.07) is 5.65. The molecule has 0 aliphatic heterocycles. The number of Topliss-reactive ketones (excluding diaryl/α,β-unsaturated/α-hetero) is 1. The summed E-state index contributed by atoms with van der Waals surface area (Å²) in [7, 11) is 0. The third-order valence-corrected chi connectivity index (χ3v) is 2.65. The van der Waals surface area contributed by atoms with E-state index >= 15 is 0 Å². The van der Waals surface area contributed by atoms with Crippen molar-refractivity contribution in [2.75, 3.05) is 6.61 Å². The highest BCUT2D eigenvalue weighted by atomic mass is 16.5. The maximum absolute atomic E-state index is 11.7. The third-order valence-electron chi connectivity index (χ3n) is 2.65. The van der Waals surface area contributed by atoms with Crippen molar-refractivity contribution in [3.8, 4) is 5.75 Å². The molecule has 1 aromatic carbocycles. The van der Waals surface area contributed by atoms with E-state index in [0.29, 0.717) is 24.5 Å². The van der Waals surface area contributed by atoms with E-state index in [0.717, 1.165) is 5.56 Å². The van der Waals surface area contributed by atoms with Gasteiger partial charge in [0.25, 0.3) is 0 Å². The number of rotatable bonds is 5. The Balaban J connectivity index is 2.88. The first kappa shape index (κ1) is 17.7. The second-order valence-corrected chi connectivity index (χ2v) is 7.65. The van der Waals surface area contributed by atoms with Gasteiger partial charge in [-0.2, -0.15) is 0 Å². The number of benzene rings is 1. The predicted molar refractivity (Wildman–Crippen MR) is 85.9 cm³/mol. The molecule has 0 heterocycles. The SMILES string of the molecule is CC(=O)c1ccc(COCC(C)(C)C)cc1OC(C)(C)C. The van der Waals surface area contributed by atoms with Crippen LogP contribution in [0.2, 0.25) is 0 Å². The fraction of sp³-hybridized carbons (Fsp3) is 0.611. The molecular formula is C18H28O3. The zero-order chi connectivity index (χ0) is 16.3. The fourth-order valence-corrected chi connectivity index (χ4v) is 1.84. The lowest BCUT2D eigenvalue weighted by Crippen LogP contribution is -2.24. The molecule has 0 aliphatic rings. The Kier molecular flexibility index (Phi) is 5.57. The van der Waals surface area contributed by atoms with Gasteiger partial charge in [0.05, 0.1) is 18.8 Å². The van der Waals surface area contributed by atoms with Gasteiger partial charge in [0.1, 0.15) is 11.4 Å². The molecule has 0 radical (unpaired) electrons. The lowest BCUT2D eigenvalue weighted by molar-refractivity contribution is 0.0595. The summed E-state index contributed by atoms with van der Waals surface area (Å²) < 4.78 is 11.6. The monoisotopic (exact) mass is 292 g/mol. The minimum absolute atomic E-state index is 0.0106. The van der Waals surface area contributed by atoms with Gasteiger partial charge in [-0.05, 0) is 50.8 Å². The highest BCUT2D eigenvalue weighted by Crippen LogP contribution is 2.26. The number of carbonyl (C=O) groups excluding carboxylic acids is 1. The normalized spacial score (nSPS) is 12.3. The van der Waals surface area contributed by atoms with Crippen LogP contribution in [0.25, 0.3) is 0 Å². The molecule has 0 aromatic heterocycles. The largest absolute Gasteiger partial charge is 0.487 e. The lowest BCUT2D eigenvalue weighted by Gasteiger charge is -2.23. The first-order valence-electron chi connectivity index (χ1n) is 7.38. The van der Waals surface area contributed by atoms with E-state index in [1.54, 1.807) is 6.92 Å². The Bertz CT molecular complexity index is 490. The van der Waals surface area contributed by atoms with Gasteiger partial charge in [0, 0.05) is 0 Å². The van der Waals surface area contributed by atoms with Crippen LogP contribution in [0, 0.1) is 5.41 Å². The molecule has 0 spiro atoms. The zero-order valence-corrected chi connectivity index (χ0v) is 14.4. The highest BCUT2D eigenvalue weighted by molar-refractivity contribution is 5.96. The Labute approximate surface area is 128 Å². The molecule has 1 rings (SSSR count). The van der Waals surface area contributed by atoms with Gasteiger partial charge >= 0.3 is 0 Å². The van der Waals surface area contributed by atoms with Crippen LogP contribution in [0.1, 0.15) is 64.4 Å². The van der Waals surface area contributed by atoms with E-state index in [-0.39, 0.29) is 16.8 Å². The van der Waals surface area contributed by atoms with Crippen LogP contribution >= 0.6 is 0 Å². The molecular weight excluding hydrogens is 264 g/mol. The van der Waals surface area contributed by atoms with Crippen molar-refractivity contribution in [2.24, 2.45) is 5.41 Å². The molecule has 3 nitrogen and oxygen atoms in total. The lowest BCUT2D eigenvalue weighted by atomic mass is 9.99. The molecule has 0 atom stereocenters. The second kappa shape index (κ2) is 6.61. The molecule has 0 saturated heterocycles. The van der Waals surface area contributed by atoms with Crippen molar-refractivity contribution < 1.29 is 14.3 Å². The van der Waals surface area contributed by atoms with E-state index < -0.39 is 0 Å². The van der Waals surface area contributed by atoms with E-state index in [9.17, 15) is 4.79 Å². The van der Waals surface area contributed by atoms with Gasteiger partial charge in [0.15, 0.2) is 5.78 Å². The second-order valence-electron chi connectivity index (χ2n) is 7.65. The minimum atomic E-state index is -0.338. The van der Waals surface area contributed by atoms with Gasteiger partial charge in [-0.3, -0.25) is 4.79 Å². The van der Waals surface area contributed by atoms with Crippen molar-refractivity contribution in [3.63, 3.8) is 0 Å². The fourth-order valence-electron chi connectivity index (χ4n) is 1.84. The molecule has 0 fully saturated rings. The molecule has 0 N–H and O–H groups in total. The molecule has 0 amide bonds. The molecule has 0 saturated carbocycles. The summed E-state index contributed by atoms with van der Waals surface area (Å²) >= 11 is 0. The number of ketones is 1. The molecule has 0 unspecified atom stereocenters. The van der Waals surface area contributed by atoms with Crippen LogP contribution in [0.4, 0.5) is 0 Å². The summed E-state index contributed by atoms with van der Waals surface area (Å²) in [4.78, 5) is 11.7. The van der Waals surface area contributed by atoms with Gasteiger partial charge in [-0.15, -0.1) is 0 Å². The van der Waals surface area contributed by atoms with Gasteiger partial charge in [-0.25, -0.2) is 0 Å². The summed E-state index contributed by atoms with van der Waals surface area (Å²) in [5.74, 6) is 0.642. The van der Waals surface area contributed by atoms with Crippen LogP contribution in [-0.2, 0) is 11.3 Å². The number of hydrogen-bond acceptors (Lipinski definition) is 3. The maximum Gasteiger partial charge on any atom is 0.163 e. The smallest absolute Gasteiger partial charge is 0.163 e. The molecule has 0 aliphatic carbocycles. The van der Waals surface area contributed by atoms with E-state index in [1.807, 2.05) is 39.0 Å². The number of ether oxygens (including phenoxy) is 2. The van der Waals surface area contributed by atoms with Crippen molar-refractivity contribution >= 4 is 5.78 Å². The summed E-state index contributed by atoms with van der Waals surface area (Å²) in [6.45, 7) is 15.1. The van der Waals surface area contributed by atoms with Crippen molar-refractivity contribution in [1.29, 1.82) is 0 Å². The molecule has 1 aromatic rings. The standard InChI is InChI=1S/C18H28O3/c1-13(19)15-9-8-14(11-20-12-17(2,3)4)10-16(15)21-18(5,6)7/h8-10H,11-12H2,1-7H3. The van der Waals surface area contributed by atoms with Gasteiger partial charge < -0.3 is 9.47 Å². The maximum atomic E-state index is 11.7. The Hall–Kier alpha value is -1.35. The van der Waals surface area contributed by atoms with Crippen LogP contribution in [0.3, 0.4) is 0 Å². The summed E-state index contributed by atoms with van der Waals surface area (Å²) in [5.41, 5.74) is 1.44. The number of carbonyl (C=O) groups is 1. The van der Waals surface area contributed by atoms with E-state index in [1.165, 1.54) is 0 Å². The topological polar surface area (TPSA) is 35.5 Å². The molecule has 3 heteroatoms. The Morgan fingerprint density at radius 3 is 2.19 bits per heavy atom. The molecule has 21 heavy (non-hydrogen) atoms. The highest BCUT2D eigenvalue weighted by Gasteiger charge is 2.17. The quantitative estimate of drug-likeness (QED) is 0.742. The first-order chi connectivity index (χ1) is 9.48. The predicted octanol–water partition coefficient (Wildman–Crippen LogP) is 4.63. The van der Waals surface area contributed by atoms with E-state index in [2.05, 4.69) is 20.8 Å². The molecule has 118 valence electrons. The third kappa shape index (κ3) is 6.76. The average molecular weight is 292 g/mol. The van der Waals surface area contributed by atoms with Gasteiger partial charge in [-0.1, -0.05) is 26.8 Å². The zero-order valence-electron chi connectivity index (χ0n) is 14.4. The van der Waals surface area contributed by atoms with Crippen molar-refractivity contribution in [1.82, 2.24) is 0 Å². The summed E-state index contributed by atoms with van der Waals surface area (Å²) in [5, 5.41) is 0. The van der Waals surface area contributed by atoms with E-state index in [4.69, 9.17) is 9.47 Å². The minimum Gasteiger partial charge on any atom is -0.487 e. The van der Waals surface area contributed by atoms with Crippen LogP contribution < -0.4 is 4.74 Å². The Morgan fingerprint density at radius 2 is 1.71 bits per heavy atom. The van der Waals surface area contributed by atoms with Gasteiger partial charge in [0.2, 0.25) is 0 Å². The average Bonchev–Trinajstić information content (AvgIpc) is 2.24. The molecule has 0 bridgehead atoms. The van der Waals surface area contributed by atoms with Crippen molar-refractivity contribution in [2.45, 2.75) is 60.7 Å². The number of hydrogen-bond donors (Lipinski definition) is 0. The van der Waals surface area contributed by atoms with Crippen LogP contribution in [0.15, 0.2) is 18.2 Å². The van der Waals surface area contributed by atoms with Crippen LogP contribution in [-0.4, -0.2) is 18.0 Å². The summed E-state index contributed by atoms with van der Waals surface area (Å²) in [6.07, 6.45) is 0. The first-order valence-corrected chi connectivity index (χ1v) is 7.38. The Morgan fingerprint density at radius 1 is 1.10 bits per heavy atom.